The van der Waals surface area contributed by atoms with Crippen molar-refractivity contribution in [2.75, 3.05) is 13.2 Å². The van der Waals surface area contributed by atoms with Crippen molar-refractivity contribution in [2.24, 2.45) is 0 Å². The van der Waals surface area contributed by atoms with Gasteiger partial charge < -0.3 is 14.2 Å². The molecule has 0 amide bonds. The minimum atomic E-state index is -1.18. The second kappa shape index (κ2) is 15.5. The summed E-state index contributed by atoms with van der Waals surface area (Å²) in [5.74, 6) is 1.43. The molecule has 1 fully saturated rings. The van der Waals surface area contributed by atoms with E-state index in [1.54, 1.807) is 12.1 Å². The molecule has 1 aliphatic heterocycles. The van der Waals surface area contributed by atoms with Crippen LogP contribution < -0.4 is 9.47 Å². The van der Waals surface area contributed by atoms with Gasteiger partial charge in [0.25, 0.3) is 0 Å². The highest BCUT2D eigenvalue weighted by Gasteiger charge is 2.31. The lowest BCUT2D eigenvalue weighted by atomic mass is 9.95. The van der Waals surface area contributed by atoms with Crippen molar-refractivity contribution in [1.29, 1.82) is 0 Å². The molecule has 2 aromatic carbocycles. The van der Waals surface area contributed by atoms with Gasteiger partial charge in [0, 0.05) is 5.92 Å². The lowest BCUT2D eigenvalue weighted by Crippen LogP contribution is -2.31. The summed E-state index contributed by atoms with van der Waals surface area (Å²) in [7, 11) is -1.18. The zero-order valence-corrected chi connectivity index (χ0v) is 25.5. The van der Waals surface area contributed by atoms with Gasteiger partial charge in [-0.1, -0.05) is 90.6 Å². The van der Waals surface area contributed by atoms with Crippen molar-refractivity contribution in [1.82, 2.24) is 0 Å². The third-order valence-corrected chi connectivity index (χ3v) is 13.2. The van der Waals surface area contributed by atoms with E-state index in [1.165, 1.54) is 56.6 Å². The summed E-state index contributed by atoms with van der Waals surface area (Å²) in [5, 5.41) is 0. The molecule has 38 heavy (non-hydrogen) atoms. The summed E-state index contributed by atoms with van der Waals surface area (Å²) in [6.07, 6.45) is 11.3. The number of hydrogen-bond acceptors (Lipinski definition) is 4. The average Bonchev–Trinajstić information content (AvgIpc) is 3.41. The van der Waals surface area contributed by atoms with Crippen molar-refractivity contribution in [2.45, 2.75) is 115 Å². The van der Waals surface area contributed by atoms with E-state index >= 15 is 0 Å². The molecule has 0 saturated carbocycles. The predicted molar refractivity (Wildman–Crippen MR) is 160 cm³/mol. The molecule has 0 N–H and O–H groups in total. The van der Waals surface area contributed by atoms with Crippen molar-refractivity contribution in [3.63, 3.8) is 0 Å². The summed E-state index contributed by atoms with van der Waals surface area (Å²) in [6, 6.07) is 16.5. The predicted octanol–water partition coefficient (Wildman–Crippen LogP) is 9.42. The van der Waals surface area contributed by atoms with E-state index in [1.807, 2.05) is 24.3 Å². The highest BCUT2D eigenvalue weighted by atomic mass is 28.3. The van der Waals surface area contributed by atoms with Crippen molar-refractivity contribution in [3.05, 3.63) is 59.7 Å². The molecule has 1 unspecified atom stereocenters. The fourth-order valence-electron chi connectivity index (χ4n) is 5.20. The zero-order chi connectivity index (χ0) is 27.4. The molecular formula is C33H50O4Si. The van der Waals surface area contributed by atoms with Crippen LogP contribution in [0.15, 0.2) is 48.5 Å². The molecule has 0 aromatic heterocycles. The lowest BCUT2D eigenvalue weighted by Gasteiger charge is -2.30. The first-order chi connectivity index (χ1) is 18.3. The smallest absolute Gasteiger partial charge is 0.343 e. The van der Waals surface area contributed by atoms with Gasteiger partial charge in [-0.3, -0.25) is 0 Å². The normalized spacial score (nSPS) is 18.3. The Morgan fingerprint density at radius 3 is 2.29 bits per heavy atom. The zero-order valence-electron chi connectivity index (χ0n) is 24.5. The van der Waals surface area contributed by atoms with Gasteiger partial charge in [0.05, 0.1) is 33.0 Å². The summed E-state index contributed by atoms with van der Waals surface area (Å²) < 4.78 is 17.6. The van der Waals surface area contributed by atoms with Gasteiger partial charge in [0.2, 0.25) is 0 Å². The molecule has 0 spiro atoms. The molecule has 0 radical (unpaired) electrons. The molecule has 3 atom stereocenters. The second-order valence-corrected chi connectivity index (χ2v) is 17.3. The standard InChI is InChI=1S/C33H50O4Si/c1-6-8-9-10-11-12-22-35-30-17-15-28(16-18-30)33(34)37-31-19-13-27(14-20-31)29-24-32(36-25-29)21-23-38(4,5)26(3)7-2/h13-20,26,29,32H,6-12,21-25H2,1-5H3/t26?,29-,32-/m0/s1. The van der Waals surface area contributed by atoms with Crippen LogP contribution in [0.25, 0.3) is 0 Å². The number of hydrogen-bond donors (Lipinski definition) is 0. The fourth-order valence-corrected chi connectivity index (χ4v) is 7.87. The molecular weight excluding hydrogens is 488 g/mol. The second-order valence-electron chi connectivity index (χ2n) is 11.8. The van der Waals surface area contributed by atoms with E-state index in [0.717, 1.165) is 30.7 Å². The summed E-state index contributed by atoms with van der Waals surface area (Å²) in [5.41, 5.74) is 2.64. The van der Waals surface area contributed by atoms with Crippen LogP contribution in [0, 0.1) is 0 Å². The number of unbranched alkanes of at least 4 members (excludes halogenated alkanes) is 5. The van der Waals surface area contributed by atoms with E-state index in [2.05, 4.69) is 46.0 Å². The molecule has 0 bridgehead atoms. The van der Waals surface area contributed by atoms with Gasteiger partial charge in [-0.15, -0.1) is 0 Å². The van der Waals surface area contributed by atoms with Crippen LogP contribution in [-0.4, -0.2) is 33.4 Å². The Hall–Kier alpha value is -2.11. The first kappa shape index (κ1) is 30.4. The van der Waals surface area contributed by atoms with Crippen LogP contribution in [0.3, 0.4) is 0 Å². The Morgan fingerprint density at radius 2 is 1.61 bits per heavy atom. The average molecular weight is 539 g/mol. The van der Waals surface area contributed by atoms with Crippen molar-refractivity contribution < 1.29 is 19.0 Å². The molecule has 0 aliphatic carbocycles. The van der Waals surface area contributed by atoms with E-state index in [-0.39, 0.29) is 5.97 Å². The van der Waals surface area contributed by atoms with Gasteiger partial charge in [-0.25, -0.2) is 4.79 Å². The molecule has 210 valence electrons. The van der Waals surface area contributed by atoms with Crippen molar-refractivity contribution in [3.8, 4) is 11.5 Å². The number of rotatable bonds is 16. The van der Waals surface area contributed by atoms with Crippen LogP contribution in [0.5, 0.6) is 11.5 Å². The Kier molecular flexibility index (Phi) is 12.4. The maximum atomic E-state index is 12.6. The first-order valence-corrected chi connectivity index (χ1v) is 18.3. The van der Waals surface area contributed by atoms with Gasteiger partial charge in [-0.05, 0) is 66.8 Å². The first-order valence-electron chi connectivity index (χ1n) is 15.0. The summed E-state index contributed by atoms with van der Waals surface area (Å²) in [6.45, 7) is 13.5. The Morgan fingerprint density at radius 1 is 0.947 bits per heavy atom. The highest BCUT2D eigenvalue weighted by molar-refractivity contribution is 6.78. The van der Waals surface area contributed by atoms with Gasteiger partial charge in [-0.2, -0.15) is 0 Å². The van der Waals surface area contributed by atoms with Crippen LogP contribution in [0.2, 0.25) is 24.7 Å². The molecule has 2 aromatic rings. The quantitative estimate of drug-likeness (QED) is 0.0924. The summed E-state index contributed by atoms with van der Waals surface area (Å²) in [4.78, 5) is 12.6. The fraction of sp³-hybridized carbons (Fsp3) is 0.606. The number of ether oxygens (including phenoxy) is 3. The van der Waals surface area contributed by atoms with E-state index in [0.29, 0.717) is 29.9 Å². The van der Waals surface area contributed by atoms with Gasteiger partial charge in [0.15, 0.2) is 0 Å². The van der Waals surface area contributed by atoms with Crippen LogP contribution >= 0.6 is 0 Å². The third kappa shape index (κ3) is 9.57. The Labute approximate surface area is 232 Å². The van der Waals surface area contributed by atoms with Gasteiger partial charge >= 0.3 is 5.97 Å². The largest absolute Gasteiger partial charge is 0.494 e. The Balaban J connectivity index is 1.41. The minimum absolute atomic E-state index is 0.349. The van der Waals surface area contributed by atoms with E-state index < -0.39 is 8.07 Å². The molecule has 1 saturated heterocycles. The minimum Gasteiger partial charge on any atom is -0.494 e. The van der Waals surface area contributed by atoms with E-state index in [4.69, 9.17) is 14.2 Å². The lowest BCUT2D eigenvalue weighted by molar-refractivity contribution is 0.0734. The monoisotopic (exact) mass is 538 g/mol. The number of carbonyl (C=O) groups is 1. The third-order valence-electron chi connectivity index (χ3n) is 8.56. The molecule has 1 aliphatic rings. The van der Waals surface area contributed by atoms with Crippen LogP contribution in [-0.2, 0) is 4.74 Å². The molecule has 3 rings (SSSR count). The summed E-state index contributed by atoms with van der Waals surface area (Å²) >= 11 is 0. The SMILES string of the molecule is CCCCCCCCOc1ccc(C(=O)Oc2ccc([C@@H]3CO[C@@H](CC[Si](C)(C)C(C)CC)C3)cc2)cc1. The van der Waals surface area contributed by atoms with Crippen LogP contribution in [0.1, 0.15) is 100 Å². The number of carbonyl (C=O) groups excluding carboxylic acids is 1. The Bertz CT molecular complexity index is 954. The van der Waals surface area contributed by atoms with E-state index in [9.17, 15) is 4.79 Å². The maximum absolute atomic E-state index is 12.6. The maximum Gasteiger partial charge on any atom is 0.343 e. The number of esters is 1. The molecule has 1 heterocycles. The molecule has 4 nitrogen and oxygen atoms in total. The highest BCUT2D eigenvalue weighted by Crippen LogP contribution is 2.36. The molecule has 5 heteroatoms. The van der Waals surface area contributed by atoms with Gasteiger partial charge in [0.1, 0.15) is 11.5 Å². The van der Waals surface area contributed by atoms with Crippen LogP contribution in [0.4, 0.5) is 0 Å². The number of benzene rings is 2. The topological polar surface area (TPSA) is 44.8 Å². The van der Waals surface area contributed by atoms with Crippen molar-refractivity contribution >= 4 is 14.0 Å².